The normalized spacial score (nSPS) is 10.2. The van der Waals surface area contributed by atoms with Crippen molar-refractivity contribution in [2.24, 2.45) is 0 Å². The summed E-state index contributed by atoms with van der Waals surface area (Å²) < 4.78 is 6.65. The van der Waals surface area contributed by atoms with E-state index in [1.807, 2.05) is 42.5 Å². The van der Waals surface area contributed by atoms with Gasteiger partial charge in [-0.25, -0.2) is 0 Å². The van der Waals surface area contributed by atoms with Crippen LogP contribution < -0.4 is 4.74 Å². The van der Waals surface area contributed by atoms with E-state index >= 15 is 0 Å². The minimum atomic E-state index is 0.565. The Kier molecular flexibility index (Phi) is 3.41. The summed E-state index contributed by atoms with van der Waals surface area (Å²) in [5.41, 5.74) is 0.565. The van der Waals surface area contributed by atoms with Gasteiger partial charge in [-0.05, 0) is 41.1 Å². The smallest absolute Gasteiger partial charge is 0.129 e. The van der Waals surface area contributed by atoms with Crippen molar-refractivity contribution in [3.63, 3.8) is 0 Å². The lowest BCUT2D eigenvalue weighted by Crippen LogP contribution is -1.86. The number of nitriles is 1. The second kappa shape index (κ2) is 5.36. The van der Waals surface area contributed by atoms with Gasteiger partial charge in [-0.2, -0.15) is 5.26 Å². The van der Waals surface area contributed by atoms with Crippen molar-refractivity contribution in [1.29, 1.82) is 5.26 Å². The molecule has 20 heavy (non-hydrogen) atoms. The van der Waals surface area contributed by atoms with Gasteiger partial charge in [0.05, 0.1) is 11.6 Å². The monoisotopic (exact) mass is 323 g/mol. The molecule has 3 aromatic carbocycles. The molecule has 0 spiro atoms. The van der Waals surface area contributed by atoms with Gasteiger partial charge in [0.25, 0.3) is 0 Å². The number of rotatable bonds is 2. The van der Waals surface area contributed by atoms with Crippen molar-refractivity contribution >= 4 is 26.7 Å². The van der Waals surface area contributed by atoms with Gasteiger partial charge in [-0.3, -0.25) is 0 Å². The number of halogens is 1. The predicted octanol–water partition coefficient (Wildman–Crippen LogP) is 5.27. The van der Waals surface area contributed by atoms with Gasteiger partial charge in [0.1, 0.15) is 11.5 Å². The summed E-state index contributed by atoms with van der Waals surface area (Å²) in [6.45, 7) is 0. The molecule has 0 atom stereocenters. The maximum Gasteiger partial charge on any atom is 0.129 e. The van der Waals surface area contributed by atoms with Crippen LogP contribution in [0.15, 0.2) is 65.1 Å². The summed E-state index contributed by atoms with van der Waals surface area (Å²) in [6, 6.07) is 21.5. The van der Waals surface area contributed by atoms with Crippen LogP contribution in [0, 0.1) is 11.3 Å². The largest absolute Gasteiger partial charge is 0.457 e. The molecule has 96 valence electrons. The van der Waals surface area contributed by atoms with Crippen LogP contribution in [-0.4, -0.2) is 0 Å². The molecule has 0 amide bonds. The summed E-state index contributed by atoms with van der Waals surface area (Å²) in [7, 11) is 0. The number of ether oxygens (including phenoxy) is 1. The molecular weight excluding hydrogens is 314 g/mol. The third-order valence-electron chi connectivity index (χ3n) is 2.96. The zero-order valence-electron chi connectivity index (χ0n) is 10.5. The predicted molar refractivity (Wildman–Crippen MR) is 82.9 cm³/mol. The first kappa shape index (κ1) is 12.7. The maximum absolute atomic E-state index is 8.97. The highest BCUT2D eigenvalue weighted by molar-refractivity contribution is 9.10. The van der Waals surface area contributed by atoms with Gasteiger partial charge in [-0.1, -0.05) is 46.3 Å². The molecule has 0 bridgehead atoms. The molecule has 0 aliphatic heterocycles. The molecule has 3 rings (SSSR count). The molecule has 0 N–H and O–H groups in total. The molecule has 0 heterocycles. The minimum absolute atomic E-state index is 0.565. The van der Waals surface area contributed by atoms with Crippen LogP contribution in [-0.2, 0) is 0 Å². The highest BCUT2D eigenvalue weighted by Crippen LogP contribution is 2.28. The van der Waals surface area contributed by atoms with E-state index in [1.54, 1.807) is 12.1 Å². The minimum Gasteiger partial charge on any atom is -0.457 e. The fraction of sp³-hybridized carbons (Fsp3) is 0. The van der Waals surface area contributed by atoms with Crippen molar-refractivity contribution in [2.45, 2.75) is 0 Å². The molecule has 3 aromatic rings. The summed E-state index contributed by atoms with van der Waals surface area (Å²) in [6.07, 6.45) is 0. The van der Waals surface area contributed by atoms with Crippen molar-refractivity contribution in [2.75, 3.05) is 0 Å². The second-order valence-electron chi connectivity index (χ2n) is 4.40. The first-order valence-corrected chi connectivity index (χ1v) is 6.91. The van der Waals surface area contributed by atoms with Crippen LogP contribution in [0.4, 0.5) is 0 Å². The molecule has 2 nitrogen and oxygen atoms in total. The maximum atomic E-state index is 8.97. The van der Waals surface area contributed by atoms with Crippen LogP contribution in [0.5, 0.6) is 11.5 Å². The standard InChI is InChI=1S/C17H10BrNO/c18-15-7-12(11-19)8-17(10-15)20-16-6-5-13-3-1-2-4-14(13)9-16/h1-10H. The van der Waals surface area contributed by atoms with E-state index in [-0.39, 0.29) is 0 Å². The highest BCUT2D eigenvalue weighted by Gasteiger charge is 2.03. The molecule has 3 heteroatoms. The molecule has 0 unspecified atom stereocenters. The number of nitrogens with zero attached hydrogens (tertiary/aromatic N) is 1. The summed E-state index contributed by atoms with van der Waals surface area (Å²) in [5.74, 6) is 1.40. The topological polar surface area (TPSA) is 33.0 Å². The molecule has 0 aromatic heterocycles. The van der Waals surface area contributed by atoms with E-state index in [1.165, 1.54) is 5.39 Å². The average Bonchev–Trinajstić information content (AvgIpc) is 2.46. The quantitative estimate of drug-likeness (QED) is 0.643. The van der Waals surface area contributed by atoms with E-state index in [2.05, 4.69) is 28.1 Å². The van der Waals surface area contributed by atoms with Gasteiger partial charge < -0.3 is 4.74 Å². The van der Waals surface area contributed by atoms with Crippen LogP contribution >= 0.6 is 15.9 Å². The van der Waals surface area contributed by atoms with Crippen LogP contribution in [0.2, 0.25) is 0 Å². The third kappa shape index (κ3) is 2.66. The lowest BCUT2D eigenvalue weighted by atomic mass is 10.1. The Morgan fingerprint density at radius 1 is 0.850 bits per heavy atom. The van der Waals surface area contributed by atoms with Gasteiger partial charge in [0.2, 0.25) is 0 Å². The molecule has 0 radical (unpaired) electrons. The van der Waals surface area contributed by atoms with E-state index < -0.39 is 0 Å². The van der Waals surface area contributed by atoms with Gasteiger partial charge in [-0.15, -0.1) is 0 Å². The third-order valence-corrected chi connectivity index (χ3v) is 3.41. The fourth-order valence-corrected chi connectivity index (χ4v) is 2.53. The zero-order chi connectivity index (χ0) is 13.9. The van der Waals surface area contributed by atoms with Crippen molar-refractivity contribution in [3.8, 4) is 17.6 Å². The highest BCUT2D eigenvalue weighted by atomic mass is 79.9. The Bertz CT molecular complexity index is 821. The number of benzene rings is 3. The van der Waals surface area contributed by atoms with Crippen LogP contribution in [0.1, 0.15) is 5.56 Å². The Morgan fingerprint density at radius 2 is 1.65 bits per heavy atom. The van der Waals surface area contributed by atoms with E-state index in [9.17, 15) is 0 Å². The fourth-order valence-electron chi connectivity index (χ4n) is 2.05. The average molecular weight is 324 g/mol. The molecule has 0 saturated carbocycles. The lowest BCUT2D eigenvalue weighted by molar-refractivity contribution is 0.483. The molecule has 0 fully saturated rings. The Hall–Kier alpha value is -2.31. The van der Waals surface area contributed by atoms with Crippen molar-refractivity contribution in [3.05, 3.63) is 70.7 Å². The van der Waals surface area contributed by atoms with Crippen LogP contribution in [0.3, 0.4) is 0 Å². The number of hydrogen-bond donors (Lipinski definition) is 0. The molecule has 0 aliphatic rings. The van der Waals surface area contributed by atoms with Gasteiger partial charge in [0.15, 0.2) is 0 Å². The molecular formula is C17H10BrNO. The Morgan fingerprint density at radius 3 is 2.45 bits per heavy atom. The number of fused-ring (bicyclic) bond motifs is 1. The second-order valence-corrected chi connectivity index (χ2v) is 5.31. The zero-order valence-corrected chi connectivity index (χ0v) is 12.1. The van der Waals surface area contributed by atoms with E-state index in [0.717, 1.165) is 15.6 Å². The van der Waals surface area contributed by atoms with Crippen molar-refractivity contribution in [1.82, 2.24) is 0 Å². The summed E-state index contributed by atoms with van der Waals surface area (Å²) >= 11 is 3.38. The van der Waals surface area contributed by atoms with E-state index in [0.29, 0.717) is 11.3 Å². The Balaban J connectivity index is 1.97. The van der Waals surface area contributed by atoms with Crippen LogP contribution in [0.25, 0.3) is 10.8 Å². The number of hydrogen-bond acceptors (Lipinski definition) is 2. The summed E-state index contributed by atoms with van der Waals surface area (Å²) in [4.78, 5) is 0. The van der Waals surface area contributed by atoms with Gasteiger partial charge >= 0.3 is 0 Å². The molecule has 0 aliphatic carbocycles. The molecule has 0 saturated heterocycles. The summed E-state index contributed by atoms with van der Waals surface area (Å²) in [5, 5.41) is 11.3. The van der Waals surface area contributed by atoms with E-state index in [4.69, 9.17) is 10.00 Å². The Labute approximate surface area is 125 Å². The lowest BCUT2D eigenvalue weighted by Gasteiger charge is -2.08. The first-order chi connectivity index (χ1) is 9.74. The van der Waals surface area contributed by atoms with Crippen molar-refractivity contribution < 1.29 is 4.74 Å². The SMILES string of the molecule is N#Cc1cc(Br)cc(Oc2ccc3ccccc3c2)c1. The van der Waals surface area contributed by atoms with Gasteiger partial charge in [0, 0.05) is 4.47 Å². The first-order valence-electron chi connectivity index (χ1n) is 6.12.